The summed E-state index contributed by atoms with van der Waals surface area (Å²) in [5.41, 5.74) is -0.131. The molecule has 6 atom stereocenters. The van der Waals surface area contributed by atoms with Crippen LogP contribution in [0.1, 0.15) is 31.2 Å². The smallest absolute Gasteiger partial charge is 0.248 e. The number of likely N-dealkylation sites (tertiary alicyclic amines) is 1. The number of morpholine rings is 1. The molecule has 4 fully saturated rings. The van der Waals surface area contributed by atoms with Gasteiger partial charge in [-0.1, -0.05) is 58.4 Å². The van der Waals surface area contributed by atoms with Gasteiger partial charge in [-0.2, -0.15) is 0 Å². The molecule has 246 valence electrons. The number of halogens is 1. The summed E-state index contributed by atoms with van der Waals surface area (Å²) in [6, 6.07) is 8.92. The molecule has 0 aromatic heterocycles. The molecule has 11 heteroatoms. The van der Waals surface area contributed by atoms with Crippen LogP contribution in [-0.2, 0) is 30.4 Å². The van der Waals surface area contributed by atoms with Gasteiger partial charge in [0, 0.05) is 63.8 Å². The van der Waals surface area contributed by atoms with Crippen LogP contribution in [0.3, 0.4) is 0 Å². The number of aliphatic hydroxyl groups is 1. The minimum absolute atomic E-state index is 0.0741. The molecule has 3 unspecified atom stereocenters. The highest BCUT2D eigenvalue weighted by Gasteiger charge is 2.76. The number of amides is 3. The highest BCUT2D eigenvalue weighted by Crippen LogP contribution is 2.60. The van der Waals surface area contributed by atoms with E-state index in [1.807, 2.05) is 30.3 Å². The number of nitrogens with zero attached hydrogens (tertiary/aromatic N) is 4. The zero-order chi connectivity index (χ0) is 32.0. The summed E-state index contributed by atoms with van der Waals surface area (Å²) in [5, 5.41) is 9.35. The highest BCUT2D eigenvalue weighted by molar-refractivity contribution is 9.09. The second kappa shape index (κ2) is 15.3. The predicted octanol–water partition coefficient (Wildman–Crippen LogP) is 2.46. The highest BCUT2D eigenvalue weighted by atomic mass is 79.9. The third-order valence-electron chi connectivity index (χ3n) is 9.69. The van der Waals surface area contributed by atoms with Crippen molar-refractivity contribution in [3.05, 3.63) is 61.2 Å². The first kappa shape index (κ1) is 33.8. The van der Waals surface area contributed by atoms with Crippen molar-refractivity contribution in [1.82, 2.24) is 19.6 Å². The summed E-state index contributed by atoms with van der Waals surface area (Å²) in [5.74, 6) is -2.00. The zero-order valence-electron chi connectivity index (χ0n) is 26.1. The van der Waals surface area contributed by atoms with Gasteiger partial charge in [0.25, 0.3) is 0 Å². The van der Waals surface area contributed by atoms with Crippen molar-refractivity contribution in [3.8, 4) is 0 Å². The molecule has 3 amide bonds. The van der Waals surface area contributed by atoms with Gasteiger partial charge in [-0.05, 0) is 31.2 Å². The number of fused-ring (bicyclic) bond motifs is 1. The van der Waals surface area contributed by atoms with Crippen LogP contribution in [0.15, 0.2) is 55.6 Å². The van der Waals surface area contributed by atoms with Crippen molar-refractivity contribution in [2.45, 2.75) is 54.8 Å². The number of carbonyl (C=O) groups is 3. The van der Waals surface area contributed by atoms with E-state index in [1.165, 1.54) is 0 Å². The molecule has 4 aliphatic heterocycles. The van der Waals surface area contributed by atoms with Gasteiger partial charge in [0.1, 0.15) is 11.6 Å². The van der Waals surface area contributed by atoms with Crippen LogP contribution in [0.25, 0.3) is 0 Å². The van der Waals surface area contributed by atoms with Crippen molar-refractivity contribution in [1.29, 1.82) is 0 Å². The first-order valence-electron chi connectivity index (χ1n) is 16.2. The second-order valence-corrected chi connectivity index (χ2v) is 13.7. The molecule has 2 bridgehead atoms. The van der Waals surface area contributed by atoms with E-state index < -0.39 is 29.6 Å². The molecule has 1 N–H and O–H groups in total. The van der Waals surface area contributed by atoms with Gasteiger partial charge in [-0.15, -0.1) is 13.2 Å². The van der Waals surface area contributed by atoms with E-state index in [9.17, 15) is 19.5 Å². The Morgan fingerprint density at radius 3 is 2.42 bits per heavy atom. The Kier molecular flexibility index (Phi) is 11.5. The largest absolute Gasteiger partial charge is 0.396 e. The molecule has 1 aromatic carbocycles. The van der Waals surface area contributed by atoms with Gasteiger partial charge < -0.3 is 29.3 Å². The summed E-state index contributed by atoms with van der Waals surface area (Å²) < 4.78 is 12.3. The average Bonchev–Trinajstić information content (AvgIpc) is 3.64. The first-order chi connectivity index (χ1) is 21.9. The van der Waals surface area contributed by atoms with Gasteiger partial charge in [0.15, 0.2) is 0 Å². The van der Waals surface area contributed by atoms with Gasteiger partial charge >= 0.3 is 0 Å². The summed E-state index contributed by atoms with van der Waals surface area (Å²) in [7, 11) is 0. The van der Waals surface area contributed by atoms with E-state index in [2.05, 4.69) is 34.0 Å². The Balaban J connectivity index is 1.45. The molecule has 0 radical (unpaired) electrons. The summed E-state index contributed by atoms with van der Waals surface area (Å²) in [6.45, 7) is 13.4. The minimum Gasteiger partial charge on any atom is -0.396 e. The van der Waals surface area contributed by atoms with E-state index in [1.54, 1.807) is 26.9 Å². The number of aliphatic hydroxyl groups excluding tert-OH is 1. The molecule has 5 rings (SSSR count). The third kappa shape index (κ3) is 6.93. The van der Waals surface area contributed by atoms with E-state index in [-0.39, 0.29) is 29.2 Å². The van der Waals surface area contributed by atoms with Crippen molar-refractivity contribution in [2.75, 3.05) is 65.6 Å². The number of ether oxygens (including phenoxy) is 2. The van der Waals surface area contributed by atoms with Crippen molar-refractivity contribution >= 4 is 33.7 Å². The van der Waals surface area contributed by atoms with Crippen LogP contribution in [-0.4, -0.2) is 131 Å². The fourth-order valence-electron chi connectivity index (χ4n) is 7.61. The zero-order valence-corrected chi connectivity index (χ0v) is 27.7. The molecule has 0 aliphatic carbocycles. The Hall–Kier alpha value is -2.57. The molecule has 10 nitrogen and oxygen atoms in total. The monoisotopic (exact) mass is 686 g/mol. The standard InChI is InChI=1S/C34H47BrN4O6/c1-3-13-37(17-16-36-18-21-44-22-19-36)33(43)30-34-23-26(35)29(45-34)27(28(34)32(42)39(30)15-9-6-10-20-40)31(41)38(14-4-2)24-25-11-7-5-8-12-25/h3-5,7-8,11-12,26-30,40H,1-2,6,9-10,13-24H2/t26?,27-,28+,29-,30?,34?/m1/s1. The maximum Gasteiger partial charge on any atom is 0.248 e. The number of alkyl halides is 1. The van der Waals surface area contributed by atoms with Gasteiger partial charge in [0.2, 0.25) is 17.7 Å². The van der Waals surface area contributed by atoms with Crippen molar-refractivity contribution in [2.24, 2.45) is 11.8 Å². The first-order valence-corrected chi connectivity index (χ1v) is 17.1. The van der Waals surface area contributed by atoms with Crippen molar-refractivity contribution in [3.63, 3.8) is 0 Å². The Labute approximate surface area is 275 Å². The Morgan fingerprint density at radius 2 is 1.73 bits per heavy atom. The maximum absolute atomic E-state index is 14.6. The van der Waals surface area contributed by atoms with Gasteiger partial charge in [-0.25, -0.2) is 0 Å². The normalized spacial score (nSPS) is 29.1. The molecular formula is C34H47BrN4O6. The molecule has 4 heterocycles. The number of hydrogen-bond acceptors (Lipinski definition) is 7. The second-order valence-electron chi connectivity index (χ2n) is 12.5. The average molecular weight is 688 g/mol. The van der Waals surface area contributed by atoms with Gasteiger partial charge in [-0.3, -0.25) is 19.3 Å². The lowest BCUT2D eigenvalue weighted by molar-refractivity contribution is -0.149. The molecule has 4 aliphatic rings. The number of carbonyl (C=O) groups excluding carboxylic acids is 3. The van der Waals surface area contributed by atoms with E-state index in [0.717, 1.165) is 25.1 Å². The third-order valence-corrected chi connectivity index (χ3v) is 10.5. The lowest BCUT2D eigenvalue weighted by atomic mass is 9.70. The van der Waals surface area contributed by atoms with Crippen molar-refractivity contribution < 1.29 is 29.0 Å². The lowest BCUT2D eigenvalue weighted by Gasteiger charge is -2.38. The Bertz CT molecular complexity index is 1210. The lowest BCUT2D eigenvalue weighted by Crippen LogP contribution is -2.58. The molecule has 1 spiro atoms. The fraction of sp³-hybridized carbons (Fsp3) is 0.618. The van der Waals surface area contributed by atoms with Crippen LogP contribution in [0.2, 0.25) is 0 Å². The van der Waals surface area contributed by atoms with E-state index in [0.29, 0.717) is 71.7 Å². The van der Waals surface area contributed by atoms with Crippen LogP contribution >= 0.6 is 15.9 Å². The number of benzene rings is 1. The summed E-state index contributed by atoms with van der Waals surface area (Å²) >= 11 is 3.80. The topological polar surface area (TPSA) is 103 Å². The van der Waals surface area contributed by atoms with Crippen LogP contribution in [0.4, 0.5) is 0 Å². The van der Waals surface area contributed by atoms with Gasteiger partial charge in [0.05, 0.1) is 31.2 Å². The molecule has 45 heavy (non-hydrogen) atoms. The quantitative estimate of drug-likeness (QED) is 0.162. The molecule has 0 saturated carbocycles. The summed E-state index contributed by atoms with van der Waals surface area (Å²) in [6.07, 6.45) is 5.35. The summed E-state index contributed by atoms with van der Waals surface area (Å²) in [4.78, 5) is 50.8. The Morgan fingerprint density at radius 1 is 1.02 bits per heavy atom. The maximum atomic E-state index is 14.6. The molecule has 4 saturated heterocycles. The molecule has 1 aromatic rings. The number of hydrogen-bond donors (Lipinski definition) is 1. The van der Waals surface area contributed by atoms with Crippen LogP contribution < -0.4 is 0 Å². The van der Waals surface area contributed by atoms with E-state index >= 15 is 0 Å². The minimum atomic E-state index is -1.12. The number of rotatable bonds is 16. The molecular weight excluding hydrogens is 640 g/mol. The van der Waals surface area contributed by atoms with Crippen LogP contribution in [0.5, 0.6) is 0 Å². The SMILES string of the molecule is C=CCN(CCN1CCOCC1)C(=O)C1N(CCCCCO)C(=O)[C@@H]2[C@@H](C(=O)N(CC=C)Cc3ccccc3)[C@@H]3OC12CC3Br. The van der Waals surface area contributed by atoms with Crippen LogP contribution in [0, 0.1) is 11.8 Å². The number of unbranched alkanes of at least 4 members (excludes halogenated alkanes) is 2. The fourth-order valence-corrected chi connectivity index (χ4v) is 8.56. The van der Waals surface area contributed by atoms with E-state index in [4.69, 9.17) is 9.47 Å². The predicted molar refractivity (Wildman–Crippen MR) is 174 cm³/mol.